The number of hydrogen-bond donors (Lipinski definition) is 0. The predicted octanol–water partition coefficient (Wildman–Crippen LogP) is 6.44. The van der Waals surface area contributed by atoms with Gasteiger partial charge in [0.05, 0.1) is 25.3 Å². The summed E-state index contributed by atoms with van der Waals surface area (Å²) in [6.45, 7) is 0.772. The number of aromatic nitrogens is 1. The molecule has 0 aliphatic heterocycles. The number of carbonyl (C=O) groups is 1. The maximum Gasteiger partial charge on any atom is 0.257 e. The highest BCUT2D eigenvalue weighted by atomic mass is 35.5. The summed E-state index contributed by atoms with van der Waals surface area (Å²) in [5, 5.41) is 1.93. The second-order valence-corrected chi connectivity index (χ2v) is 8.59. The highest BCUT2D eigenvalue weighted by Crippen LogP contribution is 2.27. The topological polar surface area (TPSA) is 51.7 Å². The minimum atomic E-state index is -0.145. The van der Waals surface area contributed by atoms with Crippen LogP contribution in [0.2, 0.25) is 10.2 Å². The molecule has 0 radical (unpaired) electrons. The zero-order chi connectivity index (χ0) is 24.1. The summed E-state index contributed by atoms with van der Waals surface area (Å²) >= 11 is 12.6. The van der Waals surface area contributed by atoms with Crippen LogP contribution >= 0.6 is 23.2 Å². The van der Waals surface area contributed by atoms with Crippen LogP contribution in [0.4, 0.5) is 0 Å². The minimum Gasteiger partial charge on any atom is -0.497 e. The molecule has 0 saturated heterocycles. The molecule has 0 N–H and O–H groups in total. The van der Waals surface area contributed by atoms with E-state index in [-0.39, 0.29) is 5.91 Å². The second kappa shape index (κ2) is 10.8. The number of benzene rings is 3. The van der Waals surface area contributed by atoms with Gasteiger partial charge in [-0.2, -0.15) is 0 Å². The number of carbonyl (C=O) groups excluding carboxylic acids is 1. The van der Waals surface area contributed by atoms with Gasteiger partial charge in [0, 0.05) is 29.1 Å². The lowest BCUT2D eigenvalue weighted by Crippen LogP contribution is -2.33. The Bertz CT molecular complexity index is 1310. The van der Waals surface area contributed by atoms with E-state index in [0.717, 1.165) is 27.8 Å². The number of halogens is 2. The van der Waals surface area contributed by atoms with Crippen molar-refractivity contribution in [2.75, 3.05) is 20.8 Å². The zero-order valence-corrected chi connectivity index (χ0v) is 20.4. The summed E-state index contributed by atoms with van der Waals surface area (Å²) in [5.41, 5.74) is 3.09. The van der Waals surface area contributed by atoms with Gasteiger partial charge in [-0.25, -0.2) is 4.98 Å². The molecule has 0 atom stereocenters. The molecular formula is C27H24Cl2N2O3. The van der Waals surface area contributed by atoms with Gasteiger partial charge in [-0.15, -0.1) is 0 Å². The number of rotatable bonds is 8. The van der Waals surface area contributed by atoms with E-state index < -0.39 is 0 Å². The van der Waals surface area contributed by atoms with E-state index in [4.69, 9.17) is 32.7 Å². The summed E-state index contributed by atoms with van der Waals surface area (Å²) < 4.78 is 10.8. The average molecular weight is 495 g/mol. The lowest BCUT2D eigenvalue weighted by Gasteiger charge is -2.24. The van der Waals surface area contributed by atoms with Gasteiger partial charge in [-0.1, -0.05) is 47.5 Å². The first kappa shape index (κ1) is 23.9. The molecule has 1 aromatic heterocycles. The van der Waals surface area contributed by atoms with Crippen LogP contribution in [0.15, 0.2) is 72.8 Å². The normalized spacial score (nSPS) is 10.8. The van der Waals surface area contributed by atoms with Gasteiger partial charge in [0.25, 0.3) is 5.91 Å². The molecule has 0 spiro atoms. The summed E-state index contributed by atoms with van der Waals surface area (Å²) in [6.07, 6.45) is 0.657. The van der Waals surface area contributed by atoms with Crippen molar-refractivity contribution in [3.05, 3.63) is 99.7 Å². The standard InChI is InChI=1S/C27H24Cl2N2O3/c1-33-22-11-12-24-19(16-22)15-20(26(29)30-24)17-31(14-13-18-7-9-21(28)10-8-18)27(32)23-5-3-4-6-25(23)34-2/h3-12,15-16H,13-14,17H2,1-2H3. The van der Waals surface area contributed by atoms with Crippen molar-refractivity contribution in [3.8, 4) is 11.5 Å². The fraction of sp³-hybridized carbons (Fsp3) is 0.185. The third-order valence-corrected chi connectivity index (χ3v) is 6.20. The molecule has 34 heavy (non-hydrogen) atoms. The van der Waals surface area contributed by atoms with Crippen molar-refractivity contribution in [2.24, 2.45) is 0 Å². The number of ether oxygens (including phenoxy) is 2. The van der Waals surface area contributed by atoms with Crippen LogP contribution < -0.4 is 9.47 Å². The number of nitrogens with zero attached hydrogens (tertiary/aromatic N) is 2. The molecule has 0 saturated carbocycles. The first-order valence-electron chi connectivity index (χ1n) is 10.8. The lowest BCUT2D eigenvalue weighted by atomic mass is 10.1. The van der Waals surface area contributed by atoms with Crippen molar-refractivity contribution >= 4 is 40.0 Å². The lowest BCUT2D eigenvalue weighted by molar-refractivity contribution is 0.0741. The van der Waals surface area contributed by atoms with E-state index in [1.165, 1.54) is 0 Å². The molecule has 4 rings (SSSR count). The van der Waals surface area contributed by atoms with Crippen LogP contribution in [0.25, 0.3) is 10.9 Å². The highest BCUT2D eigenvalue weighted by Gasteiger charge is 2.21. The predicted molar refractivity (Wildman–Crippen MR) is 136 cm³/mol. The van der Waals surface area contributed by atoms with E-state index in [0.29, 0.717) is 41.0 Å². The highest BCUT2D eigenvalue weighted by molar-refractivity contribution is 6.30. The van der Waals surface area contributed by atoms with Crippen molar-refractivity contribution in [2.45, 2.75) is 13.0 Å². The summed E-state index contributed by atoms with van der Waals surface area (Å²) in [6, 6.07) is 22.4. The van der Waals surface area contributed by atoms with Gasteiger partial charge in [0.1, 0.15) is 16.7 Å². The summed E-state index contributed by atoms with van der Waals surface area (Å²) in [4.78, 5) is 19.9. The van der Waals surface area contributed by atoms with Crippen molar-refractivity contribution in [1.82, 2.24) is 9.88 Å². The van der Waals surface area contributed by atoms with E-state index in [2.05, 4.69) is 4.98 Å². The number of hydrogen-bond acceptors (Lipinski definition) is 4. The summed E-state index contributed by atoms with van der Waals surface area (Å²) in [7, 11) is 3.18. The van der Waals surface area contributed by atoms with E-state index in [9.17, 15) is 4.79 Å². The molecule has 0 fully saturated rings. The van der Waals surface area contributed by atoms with Gasteiger partial charge in [0.15, 0.2) is 0 Å². The van der Waals surface area contributed by atoms with Gasteiger partial charge < -0.3 is 14.4 Å². The monoisotopic (exact) mass is 494 g/mol. The fourth-order valence-electron chi connectivity index (χ4n) is 3.78. The van der Waals surface area contributed by atoms with E-state index >= 15 is 0 Å². The second-order valence-electron chi connectivity index (χ2n) is 7.80. The number of methoxy groups -OCH3 is 2. The SMILES string of the molecule is COc1ccc2nc(Cl)c(CN(CCc3ccc(Cl)cc3)C(=O)c3ccccc3OC)cc2c1. The van der Waals surface area contributed by atoms with E-state index in [1.807, 2.05) is 60.7 Å². The first-order valence-corrected chi connectivity index (χ1v) is 11.5. The number of pyridine rings is 1. The van der Waals surface area contributed by atoms with Gasteiger partial charge in [-0.05, 0) is 60.5 Å². The molecule has 4 aromatic rings. The molecule has 5 nitrogen and oxygen atoms in total. The van der Waals surface area contributed by atoms with Crippen molar-refractivity contribution in [3.63, 3.8) is 0 Å². The summed E-state index contributed by atoms with van der Waals surface area (Å²) in [5.74, 6) is 1.11. The Morgan fingerprint density at radius 1 is 0.941 bits per heavy atom. The largest absolute Gasteiger partial charge is 0.497 e. The molecule has 3 aromatic carbocycles. The number of amides is 1. The molecule has 1 heterocycles. The fourth-order valence-corrected chi connectivity index (χ4v) is 4.11. The molecule has 1 amide bonds. The Labute approximate surface area is 208 Å². The third kappa shape index (κ3) is 5.44. The molecule has 0 unspecified atom stereocenters. The Morgan fingerprint density at radius 3 is 2.44 bits per heavy atom. The number of para-hydroxylation sites is 1. The van der Waals surface area contributed by atoms with Crippen LogP contribution in [-0.4, -0.2) is 36.6 Å². The van der Waals surface area contributed by atoms with Crippen molar-refractivity contribution < 1.29 is 14.3 Å². The Hall–Kier alpha value is -3.28. The molecule has 174 valence electrons. The Balaban J connectivity index is 1.67. The number of fused-ring (bicyclic) bond motifs is 1. The molecule has 7 heteroatoms. The molecule has 0 aliphatic rings. The van der Waals surface area contributed by atoms with Crippen LogP contribution in [0.1, 0.15) is 21.5 Å². The zero-order valence-electron chi connectivity index (χ0n) is 18.9. The van der Waals surface area contributed by atoms with Crippen LogP contribution in [0, 0.1) is 0 Å². The quantitative estimate of drug-likeness (QED) is 0.264. The van der Waals surface area contributed by atoms with Crippen molar-refractivity contribution in [1.29, 1.82) is 0 Å². The first-order chi connectivity index (χ1) is 16.5. The maximum absolute atomic E-state index is 13.6. The molecule has 0 bridgehead atoms. The minimum absolute atomic E-state index is 0.145. The molecular weight excluding hydrogens is 471 g/mol. The van der Waals surface area contributed by atoms with Gasteiger partial charge >= 0.3 is 0 Å². The Kier molecular flexibility index (Phi) is 7.56. The van der Waals surface area contributed by atoms with E-state index in [1.54, 1.807) is 31.3 Å². The Morgan fingerprint density at radius 2 is 1.71 bits per heavy atom. The molecule has 0 aliphatic carbocycles. The maximum atomic E-state index is 13.6. The smallest absolute Gasteiger partial charge is 0.257 e. The van der Waals surface area contributed by atoms with Gasteiger partial charge in [0.2, 0.25) is 0 Å². The van der Waals surface area contributed by atoms with Gasteiger partial charge in [-0.3, -0.25) is 4.79 Å². The van der Waals surface area contributed by atoms with Crippen LogP contribution in [-0.2, 0) is 13.0 Å². The average Bonchev–Trinajstić information content (AvgIpc) is 2.87. The van der Waals surface area contributed by atoms with Crippen LogP contribution in [0.5, 0.6) is 11.5 Å². The van der Waals surface area contributed by atoms with Crippen LogP contribution in [0.3, 0.4) is 0 Å². The third-order valence-electron chi connectivity index (χ3n) is 5.62.